The molecule has 0 saturated heterocycles. The van der Waals surface area contributed by atoms with Crippen molar-refractivity contribution in [3.8, 4) is 0 Å². The average molecular weight is 261 g/mol. The third-order valence-corrected chi connectivity index (χ3v) is 2.44. The maximum atomic E-state index is 12.1. The topological polar surface area (TPSA) is 126 Å². The Kier molecular flexibility index (Phi) is 3.06. The van der Waals surface area contributed by atoms with Gasteiger partial charge in [-0.2, -0.15) is 5.10 Å². The fraction of sp³-hybridized carbons (Fsp3) is 0. The van der Waals surface area contributed by atoms with E-state index in [1.54, 1.807) is 0 Å². The molecule has 2 N–H and O–H groups in total. The molecule has 0 atom stereocenters. The molecule has 96 valence electrons. The Hall–Kier alpha value is -3.03. The first kappa shape index (κ1) is 12.4. The second-order valence-electron chi connectivity index (χ2n) is 3.57. The van der Waals surface area contributed by atoms with Gasteiger partial charge in [0.05, 0.1) is 16.7 Å². The first-order valence-electron chi connectivity index (χ1n) is 5.07. The lowest BCUT2D eigenvalue weighted by atomic mass is 10.0. The first-order valence-corrected chi connectivity index (χ1v) is 5.07. The molecule has 1 heterocycles. The Labute approximate surface area is 105 Å². The van der Waals surface area contributed by atoms with Crippen molar-refractivity contribution < 1.29 is 19.6 Å². The van der Waals surface area contributed by atoms with Gasteiger partial charge >= 0.3 is 5.97 Å². The van der Waals surface area contributed by atoms with Gasteiger partial charge in [-0.25, -0.2) is 4.79 Å². The predicted molar refractivity (Wildman–Crippen MR) is 62.1 cm³/mol. The summed E-state index contributed by atoms with van der Waals surface area (Å²) < 4.78 is 0. The van der Waals surface area contributed by atoms with Gasteiger partial charge in [-0.1, -0.05) is 12.1 Å². The summed E-state index contributed by atoms with van der Waals surface area (Å²) in [4.78, 5) is 33.1. The number of carboxylic acid groups (broad SMARTS) is 1. The molecule has 1 aromatic heterocycles. The van der Waals surface area contributed by atoms with Crippen LogP contribution in [0.1, 0.15) is 26.4 Å². The monoisotopic (exact) mass is 261 g/mol. The number of para-hydroxylation sites is 1. The highest BCUT2D eigenvalue weighted by Crippen LogP contribution is 2.22. The number of benzene rings is 1. The fourth-order valence-corrected chi connectivity index (χ4v) is 1.59. The number of ketones is 1. The number of hydrogen-bond donors (Lipinski definition) is 2. The maximum Gasteiger partial charge on any atom is 0.354 e. The third-order valence-electron chi connectivity index (χ3n) is 2.44. The molecule has 1 aromatic carbocycles. The number of H-pyrrole nitrogens is 1. The normalized spacial score (nSPS) is 10.1. The van der Waals surface area contributed by atoms with Crippen molar-refractivity contribution in [3.05, 3.63) is 57.4 Å². The van der Waals surface area contributed by atoms with Crippen LogP contribution >= 0.6 is 0 Å². The highest BCUT2D eigenvalue weighted by Gasteiger charge is 2.25. The van der Waals surface area contributed by atoms with E-state index in [9.17, 15) is 19.7 Å². The number of carbonyl (C=O) groups excluding carboxylic acids is 1. The highest BCUT2D eigenvalue weighted by atomic mass is 16.6. The van der Waals surface area contributed by atoms with Crippen LogP contribution in [0.25, 0.3) is 0 Å². The number of carbonyl (C=O) groups is 2. The van der Waals surface area contributed by atoms with E-state index in [0.29, 0.717) is 0 Å². The standard InChI is InChI=1S/C11H7N3O5/c15-10(7-5-12-13-9(7)11(16)17)6-3-1-2-4-8(6)14(18)19/h1-5H,(H,12,13)(H,16,17). The number of nitrogens with one attached hydrogen (secondary N) is 1. The Morgan fingerprint density at radius 3 is 2.58 bits per heavy atom. The summed E-state index contributed by atoms with van der Waals surface area (Å²) in [5.74, 6) is -2.13. The molecule has 19 heavy (non-hydrogen) atoms. The minimum absolute atomic E-state index is 0.184. The summed E-state index contributed by atoms with van der Waals surface area (Å²) in [6.07, 6.45) is 1.03. The molecule has 8 heteroatoms. The van der Waals surface area contributed by atoms with Crippen LogP contribution in [0, 0.1) is 10.1 Å². The summed E-state index contributed by atoms with van der Waals surface area (Å²) >= 11 is 0. The lowest BCUT2D eigenvalue weighted by Crippen LogP contribution is -2.10. The van der Waals surface area contributed by atoms with Crippen LogP contribution in [0.2, 0.25) is 0 Å². The lowest BCUT2D eigenvalue weighted by molar-refractivity contribution is -0.385. The van der Waals surface area contributed by atoms with Crippen LogP contribution in [0.5, 0.6) is 0 Å². The molecule has 2 rings (SSSR count). The van der Waals surface area contributed by atoms with Crippen molar-refractivity contribution in [1.29, 1.82) is 0 Å². The molecule has 2 aromatic rings. The van der Waals surface area contributed by atoms with Gasteiger partial charge in [0.25, 0.3) is 5.69 Å². The van der Waals surface area contributed by atoms with E-state index in [4.69, 9.17) is 5.11 Å². The molecule has 8 nitrogen and oxygen atoms in total. The van der Waals surface area contributed by atoms with Gasteiger partial charge < -0.3 is 5.11 Å². The molecule has 0 saturated carbocycles. The number of nitro groups is 1. The van der Waals surface area contributed by atoms with Crippen molar-refractivity contribution in [2.45, 2.75) is 0 Å². The first-order chi connectivity index (χ1) is 9.02. The van der Waals surface area contributed by atoms with Gasteiger partial charge in [0.15, 0.2) is 5.69 Å². The highest BCUT2D eigenvalue weighted by molar-refractivity contribution is 6.15. The van der Waals surface area contributed by atoms with E-state index < -0.39 is 22.4 Å². The van der Waals surface area contributed by atoms with Gasteiger partial charge in [-0.15, -0.1) is 0 Å². The van der Waals surface area contributed by atoms with Crippen LogP contribution < -0.4 is 0 Å². The molecule has 0 amide bonds. The Morgan fingerprint density at radius 1 is 1.26 bits per heavy atom. The summed E-state index contributed by atoms with van der Waals surface area (Å²) in [7, 11) is 0. The molecule has 0 radical (unpaired) electrons. The predicted octanol–water partition coefficient (Wildman–Crippen LogP) is 1.25. The van der Waals surface area contributed by atoms with Gasteiger partial charge in [0, 0.05) is 6.07 Å². The molecule has 0 unspecified atom stereocenters. The zero-order valence-corrected chi connectivity index (χ0v) is 9.36. The van der Waals surface area contributed by atoms with E-state index in [2.05, 4.69) is 10.2 Å². The number of aromatic nitrogens is 2. The van der Waals surface area contributed by atoms with Gasteiger partial charge in [-0.05, 0) is 6.07 Å². The number of rotatable bonds is 4. The third kappa shape index (κ3) is 2.18. The zero-order valence-electron chi connectivity index (χ0n) is 9.36. The van der Waals surface area contributed by atoms with E-state index in [-0.39, 0.29) is 16.8 Å². The minimum Gasteiger partial charge on any atom is -0.477 e. The number of aromatic carboxylic acids is 1. The fourth-order valence-electron chi connectivity index (χ4n) is 1.59. The van der Waals surface area contributed by atoms with Gasteiger partial charge in [-0.3, -0.25) is 20.0 Å². The lowest BCUT2D eigenvalue weighted by Gasteiger charge is -2.01. The van der Waals surface area contributed by atoms with E-state index in [1.807, 2.05) is 0 Å². The Balaban J connectivity index is 2.54. The summed E-state index contributed by atoms with van der Waals surface area (Å²) in [6.45, 7) is 0. The summed E-state index contributed by atoms with van der Waals surface area (Å²) in [6, 6.07) is 5.32. The van der Waals surface area contributed by atoms with E-state index >= 15 is 0 Å². The van der Waals surface area contributed by atoms with E-state index in [1.165, 1.54) is 24.3 Å². The molecule has 0 fully saturated rings. The molecular formula is C11H7N3O5. The van der Waals surface area contributed by atoms with Crippen LogP contribution in [0.4, 0.5) is 5.69 Å². The second-order valence-corrected chi connectivity index (χ2v) is 3.57. The second kappa shape index (κ2) is 4.69. The zero-order chi connectivity index (χ0) is 14.0. The average Bonchev–Trinajstić information content (AvgIpc) is 2.87. The van der Waals surface area contributed by atoms with Crippen molar-refractivity contribution in [2.24, 2.45) is 0 Å². The van der Waals surface area contributed by atoms with Crippen molar-refractivity contribution >= 4 is 17.4 Å². The maximum absolute atomic E-state index is 12.1. The number of nitrogens with zero attached hydrogens (tertiary/aromatic N) is 2. The van der Waals surface area contributed by atoms with Gasteiger partial charge in [0.1, 0.15) is 5.56 Å². The number of nitro benzene ring substituents is 1. The van der Waals surface area contributed by atoms with Crippen LogP contribution in [-0.4, -0.2) is 32.0 Å². The number of carboxylic acids is 1. The molecular weight excluding hydrogens is 254 g/mol. The van der Waals surface area contributed by atoms with E-state index in [0.717, 1.165) is 6.20 Å². The van der Waals surface area contributed by atoms with Crippen molar-refractivity contribution in [2.75, 3.05) is 0 Å². The van der Waals surface area contributed by atoms with Crippen LogP contribution in [-0.2, 0) is 0 Å². The molecule has 0 aliphatic rings. The molecule has 0 aliphatic carbocycles. The largest absolute Gasteiger partial charge is 0.477 e. The minimum atomic E-state index is -1.36. The smallest absolute Gasteiger partial charge is 0.354 e. The van der Waals surface area contributed by atoms with Crippen molar-refractivity contribution in [1.82, 2.24) is 10.2 Å². The Morgan fingerprint density at radius 2 is 1.95 bits per heavy atom. The number of aromatic amines is 1. The summed E-state index contributed by atoms with van der Waals surface area (Å²) in [5.41, 5.74) is -1.19. The number of hydrogen-bond acceptors (Lipinski definition) is 5. The van der Waals surface area contributed by atoms with Crippen LogP contribution in [0.3, 0.4) is 0 Å². The van der Waals surface area contributed by atoms with Gasteiger partial charge in [0.2, 0.25) is 5.78 Å². The van der Waals surface area contributed by atoms with Crippen LogP contribution in [0.15, 0.2) is 30.5 Å². The quantitative estimate of drug-likeness (QED) is 0.484. The molecule has 0 aliphatic heterocycles. The molecule has 0 spiro atoms. The Bertz CT molecular complexity index is 676. The SMILES string of the molecule is O=C(c1ccccc1[N+](=O)[O-])c1cn[nH]c1C(=O)O. The molecule has 0 bridgehead atoms. The summed E-state index contributed by atoms with van der Waals surface area (Å²) in [5, 5.41) is 25.3. The van der Waals surface area contributed by atoms with Crippen molar-refractivity contribution in [3.63, 3.8) is 0 Å².